The molecule has 2 heterocycles. The van der Waals surface area contributed by atoms with Crippen LogP contribution in [0.15, 0.2) is 42.7 Å². The van der Waals surface area contributed by atoms with Gasteiger partial charge in [-0.25, -0.2) is 0 Å². The van der Waals surface area contributed by atoms with E-state index in [9.17, 15) is 4.79 Å². The molecule has 1 unspecified atom stereocenters. The van der Waals surface area contributed by atoms with E-state index >= 15 is 0 Å². The third-order valence-electron chi connectivity index (χ3n) is 4.39. The van der Waals surface area contributed by atoms with E-state index in [-0.39, 0.29) is 11.9 Å². The molecule has 1 aliphatic heterocycles. The number of rotatable bonds is 2. The molecular weight excluding hydrogens is 272 g/mol. The third-order valence-corrected chi connectivity index (χ3v) is 4.39. The second-order valence-corrected chi connectivity index (χ2v) is 6.38. The monoisotopic (exact) mass is 294 g/mol. The number of hydrogen-bond donors (Lipinski definition) is 0. The van der Waals surface area contributed by atoms with Gasteiger partial charge in [-0.1, -0.05) is 37.6 Å². The number of aryl methyl sites for hydroxylation is 1. The van der Waals surface area contributed by atoms with Crippen LogP contribution < -0.4 is 0 Å². The SMILES string of the molecule is Cc1ccc2c(c1)CCN(C(=O)c1ccncc1)C2C(C)C. The number of benzene rings is 1. The molecule has 0 bridgehead atoms. The van der Waals surface area contributed by atoms with Crippen molar-refractivity contribution < 1.29 is 4.79 Å². The Balaban J connectivity index is 1.99. The largest absolute Gasteiger partial charge is 0.331 e. The van der Waals surface area contributed by atoms with Gasteiger partial charge < -0.3 is 4.90 Å². The normalized spacial score (nSPS) is 17.5. The minimum absolute atomic E-state index is 0.104. The van der Waals surface area contributed by atoms with Crippen molar-refractivity contribution in [1.29, 1.82) is 0 Å². The molecule has 1 atom stereocenters. The highest BCUT2D eigenvalue weighted by atomic mass is 16.2. The summed E-state index contributed by atoms with van der Waals surface area (Å²) in [7, 11) is 0. The molecule has 1 aromatic carbocycles. The molecule has 0 N–H and O–H groups in total. The topological polar surface area (TPSA) is 33.2 Å². The van der Waals surface area contributed by atoms with Crippen LogP contribution in [0.3, 0.4) is 0 Å². The van der Waals surface area contributed by atoms with Crippen LogP contribution in [0.25, 0.3) is 0 Å². The second-order valence-electron chi connectivity index (χ2n) is 6.38. The van der Waals surface area contributed by atoms with E-state index in [0.717, 1.165) is 18.5 Å². The molecule has 1 amide bonds. The van der Waals surface area contributed by atoms with E-state index < -0.39 is 0 Å². The summed E-state index contributed by atoms with van der Waals surface area (Å²) in [5.41, 5.74) is 4.69. The maximum absolute atomic E-state index is 12.9. The molecule has 0 saturated heterocycles. The quantitative estimate of drug-likeness (QED) is 0.844. The summed E-state index contributed by atoms with van der Waals surface area (Å²) in [6.07, 6.45) is 4.29. The number of nitrogens with zero attached hydrogens (tertiary/aromatic N) is 2. The average molecular weight is 294 g/mol. The van der Waals surface area contributed by atoms with Gasteiger partial charge in [-0.2, -0.15) is 0 Å². The molecule has 2 aromatic rings. The van der Waals surface area contributed by atoms with Crippen molar-refractivity contribution in [2.75, 3.05) is 6.54 Å². The van der Waals surface area contributed by atoms with E-state index in [1.165, 1.54) is 16.7 Å². The summed E-state index contributed by atoms with van der Waals surface area (Å²) >= 11 is 0. The molecule has 0 aliphatic carbocycles. The molecule has 3 heteroatoms. The summed E-state index contributed by atoms with van der Waals surface area (Å²) in [6.45, 7) is 7.28. The highest BCUT2D eigenvalue weighted by Crippen LogP contribution is 2.36. The zero-order chi connectivity index (χ0) is 15.7. The van der Waals surface area contributed by atoms with Gasteiger partial charge in [0.2, 0.25) is 0 Å². The lowest BCUT2D eigenvalue weighted by molar-refractivity contribution is 0.0603. The molecule has 3 rings (SSSR count). The number of hydrogen-bond acceptors (Lipinski definition) is 2. The molecule has 0 spiro atoms. The van der Waals surface area contributed by atoms with Crippen LogP contribution in [0.5, 0.6) is 0 Å². The third kappa shape index (κ3) is 2.63. The lowest BCUT2D eigenvalue weighted by atomic mass is 9.85. The molecule has 1 aliphatic rings. The number of amides is 1. The van der Waals surface area contributed by atoms with Crippen LogP contribution in [-0.2, 0) is 6.42 Å². The number of fused-ring (bicyclic) bond motifs is 1. The molecule has 0 fully saturated rings. The summed E-state index contributed by atoms with van der Waals surface area (Å²) < 4.78 is 0. The minimum atomic E-state index is 0.104. The van der Waals surface area contributed by atoms with Crippen molar-refractivity contribution >= 4 is 5.91 Å². The van der Waals surface area contributed by atoms with Crippen molar-refractivity contribution in [3.05, 3.63) is 65.0 Å². The van der Waals surface area contributed by atoms with Gasteiger partial charge in [-0.15, -0.1) is 0 Å². The van der Waals surface area contributed by atoms with Gasteiger partial charge in [0.1, 0.15) is 0 Å². The van der Waals surface area contributed by atoms with E-state index in [4.69, 9.17) is 0 Å². The fourth-order valence-electron chi connectivity index (χ4n) is 3.39. The number of carbonyl (C=O) groups excluding carboxylic acids is 1. The smallest absolute Gasteiger partial charge is 0.254 e. The molecule has 22 heavy (non-hydrogen) atoms. The van der Waals surface area contributed by atoms with Crippen LogP contribution >= 0.6 is 0 Å². The van der Waals surface area contributed by atoms with E-state index in [0.29, 0.717) is 5.92 Å². The van der Waals surface area contributed by atoms with Gasteiger partial charge in [0.15, 0.2) is 0 Å². The van der Waals surface area contributed by atoms with Gasteiger partial charge in [0, 0.05) is 24.5 Å². The van der Waals surface area contributed by atoms with E-state index in [2.05, 4.69) is 44.0 Å². The predicted octanol–water partition coefficient (Wildman–Crippen LogP) is 3.79. The summed E-state index contributed by atoms with van der Waals surface area (Å²) in [6, 6.07) is 10.3. The standard InChI is InChI=1S/C19H22N2O/c1-13(2)18-17-5-4-14(3)12-16(17)8-11-21(18)19(22)15-6-9-20-10-7-15/h4-7,9-10,12-13,18H,8,11H2,1-3H3. The van der Waals surface area contributed by atoms with Crippen molar-refractivity contribution in [3.63, 3.8) is 0 Å². The summed E-state index contributed by atoms with van der Waals surface area (Å²) in [5.74, 6) is 0.486. The number of aromatic nitrogens is 1. The van der Waals surface area contributed by atoms with Crippen LogP contribution in [-0.4, -0.2) is 22.3 Å². The van der Waals surface area contributed by atoms with Crippen LogP contribution in [0.2, 0.25) is 0 Å². The average Bonchev–Trinajstić information content (AvgIpc) is 2.53. The first kappa shape index (κ1) is 14.8. The predicted molar refractivity (Wildman–Crippen MR) is 87.7 cm³/mol. The Morgan fingerprint density at radius 1 is 1.23 bits per heavy atom. The highest BCUT2D eigenvalue weighted by molar-refractivity contribution is 5.94. The van der Waals surface area contributed by atoms with Gasteiger partial charge in [-0.3, -0.25) is 9.78 Å². The van der Waals surface area contributed by atoms with Crippen LogP contribution in [0, 0.1) is 12.8 Å². The highest BCUT2D eigenvalue weighted by Gasteiger charge is 2.33. The fraction of sp³-hybridized carbons (Fsp3) is 0.368. The first-order valence-electron chi connectivity index (χ1n) is 7.88. The van der Waals surface area contributed by atoms with Crippen molar-refractivity contribution in [3.8, 4) is 0 Å². The lowest BCUT2D eigenvalue weighted by Gasteiger charge is -2.40. The minimum Gasteiger partial charge on any atom is -0.331 e. The summed E-state index contributed by atoms with van der Waals surface area (Å²) in [5, 5.41) is 0. The van der Waals surface area contributed by atoms with E-state index in [1.54, 1.807) is 24.5 Å². The molecule has 0 saturated carbocycles. The molecule has 1 aromatic heterocycles. The Hall–Kier alpha value is -2.16. The van der Waals surface area contributed by atoms with Crippen molar-refractivity contribution in [1.82, 2.24) is 9.88 Å². The van der Waals surface area contributed by atoms with Crippen molar-refractivity contribution in [2.45, 2.75) is 33.2 Å². The van der Waals surface area contributed by atoms with Gasteiger partial charge in [0.05, 0.1) is 6.04 Å². The Kier molecular flexibility index (Phi) is 3.97. The van der Waals surface area contributed by atoms with Gasteiger partial charge >= 0.3 is 0 Å². The molecule has 114 valence electrons. The molecular formula is C19H22N2O. The molecule has 3 nitrogen and oxygen atoms in total. The maximum atomic E-state index is 12.9. The first-order valence-corrected chi connectivity index (χ1v) is 7.88. The zero-order valence-electron chi connectivity index (χ0n) is 13.4. The second kappa shape index (κ2) is 5.91. The Morgan fingerprint density at radius 3 is 2.64 bits per heavy atom. The van der Waals surface area contributed by atoms with Gasteiger partial charge in [0.25, 0.3) is 5.91 Å². The first-order chi connectivity index (χ1) is 10.6. The Labute approximate surface area is 132 Å². The van der Waals surface area contributed by atoms with E-state index in [1.807, 2.05) is 4.90 Å². The lowest BCUT2D eigenvalue weighted by Crippen LogP contribution is -2.42. The van der Waals surface area contributed by atoms with Crippen LogP contribution in [0.1, 0.15) is 46.9 Å². The number of carbonyl (C=O) groups is 1. The maximum Gasteiger partial charge on any atom is 0.254 e. The Bertz CT molecular complexity index is 679. The molecule has 0 radical (unpaired) electrons. The van der Waals surface area contributed by atoms with Crippen molar-refractivity contribution in [2.24, 2.45) is 5.92 Å². The van der Waals surface area contributed by atoms with Crippen LogP contribution in [0.4, 0.5) is 0 Å². The zero-order valence-corrected chi connectivity index (χ0v) is 13.4. The summed E-state index contributed by atoms with van der Waals surface area (Å²) in [4.78, 5) is 18.9. The Morgan fingerprint density at radius 2 is 1.95 bits per heavy atom. The number of pyridine rings is 1. The fourth-order valence-corrected chi connectivity index (χ4v) is 3.39. The van der Waals surface area contributed by atoms with Gasteiger partial charge in [-0.05, 0) is 42.5 Å².